The van der Waals surface area contributed by atoms with Gasteiger partial charge in [0.1, 0.15) is 5.25 Å². The van der Waals surface area contributed by atoms with Gasteiger partial charge in [0, 0.05) is 18.8 Å². The van der Waals surface area contributed by atoms with Gasteiger partial charge in [0.15, 0.2) is 0 Å². The Kier molecular flexibility index (Phi) is 8.79. The molecule has 2 aromatic carbocycles. The second-order valence-electron chi connectivity index (χ2n) is 7.25. The predicted octanol–water partition coefficient (Wildman–Crippen LogP) is 3.73. The highest BCUT2D eigenvalue weighted by Crippen LogP contribution is 2.36. The van der Waals surface area contributed by atoms with Crippen LogP contribution in [0.5, 0.6) is 0 Å². The van der Waals surface area contributed by atoms with E-state index >= 15 is 0 Å². The number of benzene rings is 2. The number of nitrogens with zero attached hydrogens (tertiary/aromatic N) is 4. The molecule has 1 unspecified atom stereocenters. The Bertz CT molecular complexity index is 1070. The number of carbonyl (C=O) groups is 2. The van der Waals surface area contributed by atoms with Gasteiger partial charge in [0.05, 0.1) is 5.75 Å². The van der Waals surface area contributed by atoms with Crippen molar-refractivity contribution in [2.45, 2.75) is 36.3 Å². The highest BCUT2D eigenvalue weighted by Gasteiger charge is 2.26. The summed E-state index contributed by atoms with van der Waals surface area (Å²) in [5, 5.41) is 11.5. The van der Waals surface area contributed by atoms with E-state index < -0.39 is 5.25 Å². The number of aryl methyl sites for hydroxylation is 1. The lowest BCUT2D eigenvalue weighted by Crippen LogP contribution is -2.32. The zero-order valence-electron chi connectivity index (χ0n) is 18.9. The minimum absolute atomic E-state index is 0.0156. The minimum atomic E-state index is -0.589. The molecule has 0 spiro atoms. The van der Waals surface area contributed by atoms with Crippen LogP contribution in [0.2, 0.25) is 0 Å². The monoisotopic (exact) mass is 484 g/mol. The van der Waals surface area contributed by atoms with Crippen molar-refractivity contribution in [3.8, 4) is 0 Å². The Morgan fingerprint density at radius 2 is 1.67 bits per heavy atom. The molecular weight excluding hydrogens is 456 g/mol. The first kappa shape index (κ1) is 24.7. The summed E-state index contributed by atoms with van der Waals surface area (Å²) in [7, 11) is 0. The smallest absolute Gasteiger partial charge is 0.242 e. The molecule has 3 aromatic rings. The van der Waals surface area contributed by atoms with E-state index in [0.29, 0.717) is 29.1 Å². The number of nitrogens with two attached hydrogens (primary N) is 1. The van der Waals surface area contributed by atoms with Crippen LogP contribution in [0.15, 0.2) is 64.9 Å². The fourth-order valence-electron chi connectivity index (χ4n) is 3.09. The molecule has 1 atom stereocenters. The summed E-state index contributed by atoms with van der Waals surface area (Å²) >= 11 is 2.44. The van der Waals surface area contributed by atoms with Crippen molar-refractivity contribution in [1.29, 1.82) is 0 Å². The second-order valence-corrected chi connectivity index (χ2v) is 9.27. The fourth-order valence-corrected chi connectivity index (χ4v) is 4.86. The van der Waals surface area contributed by atoms with Crippen molar-refractivity contribution in [3.05, 3.63) is 65.7 Å². The van der Waals surface area contributed by atoms with Crippen LogP contribution in [0.25, 0.3) is 0 Å². The quantitative estimate of drug-likeness (QED) is 0.334. The summed E-state index contributed by atoms with van der Waals surface area (Å²) in [5.74, 6) is 6.26. The highest BCUT2D eigenvalue weighted by atomic mass is 32.2. The van der Waals surface area contributed by atoms with Crippen molar-refractivity contribution in [2.75, 3.05) is 30.0 Å². The third-order valence-corrected chi connectivity index (χ3v) is 7.10. The van der Waals surface area contributed by atoms with Gasteiger partial charge in [-0.1, -0.05) is 71.6 Å². The van der Waals surface area contributed by atoms with Gasteiger partial charge < -0.3 is 16.1 Å². The number of aromatic nitrogens is 3. The highest BCUT2D eigenvalue weighted by molar-refractivity contribution is 8.00. The molecule has 10 heteroatoms. The van der Waals surface area contributed by atoms with Crippen LogP contribution in [0.3, 0.4) is 0 Å². The van der Waals surface area contributed by atoms with Crippen LogP contribution < -0.4 is 11.2 Å². The van der Waals surface area contributed by atoms with E-state index in [4.69, 9.17) is 5.84 Å². The molecule has 0 aliphatic rings. The van der Waals surface area contributed by atoms with Crippen LogP contribution in [0, 0.1) is 6.92 Å². The van der Waals surface area contributed by atoms with E-state index in [1.165, 1.54) is 28.2 Å². The van der Waals surface area contributed by atoms with Crippen LogP contribution in [0.1, 0.15) is 30.2 Å². The van der Waals surface area contributed by atoms with Crippen molar-refractivity contribution < 1.29 is 9.59 Å². The first-order chi connectivity index (χ1) is 15.9. The number of hydrogen-bond acceptors (Lipinski definition) is 7. The number of nitrogen functional groups attached to an aromatic ring is 1. The number of rotatable bonds is 10. The average Bonchev–Trinajstić information content (AvgIpc) is 3.17. The Morgan fingerprint density at radius 1 is 1.03 bits per heavy atom. The molecule has 174 valence electrons. The van der Waals surface area contributed by atoms with Crippen molar-refractivity contribution in [2.24, 2.45) is 0 Å². The first-order valence-electron chi connectivity index (χ1n) is 10.6. The summed E-state index contributed by atoms with van der Waals surface area (Å²) in [4.78, 5) is 27.2. The minimum Gasteiger partial charge on any atom is -0.343 e. The zero-order valence-corrected chi connectivity index (χ0v) is 20.5. The Labute approximate surface area is 202 Å². The maximum absolute atomic E-state index is 13.2. The first-order valence-corrected chi connectivity index (χ1v) is 12.5. The van der Waals surface area contributed by atoms with Gasteiger partial charge in [-0.3, -0.25) is 9.59 Å². The Balaban J connectivity index is 1.76. The Morgan fingerprint density at radius 3 is 2.30 bits per heavy atom. The third-order valence-electron chi connectivity index (χ3n) is 4.96. The number of hydrogen-bond donors (Lipinski definition) is 2. The fraction of sp³-hybridized carbons (Fsp3) is 0.304. The lowest BCUT2D eigenvalue weighted by atomic mass is 10.1. The molecule has 0 saturated carbocycles. The predicted molar refractivity (Wildman–Crippen MR) is 134 cm³/mol. The molecular formula is C23H28N6O2S2. The van der Waals surface area contributed by atoms with Crippen molar-refractivity contribution in [3.63, 3.8) is 0 Å². The molecule has 2 amide bonds. The number of thioether (sulfide) groups is 2. The van der Waals surface area contributed by atoms with Gasteiger partial charge >= 0.3 is 0 Å². The zero-order chi connectivity index (χ0) is 23.8. The number of amides is 2. The average molecular weight is 485 g/mol. The SMILES string of the molecule is CCN(CC)C(=O)CSc1nnc(SC(C(=O)Nc2ccc(C)cc2)c2ccccc2)n1N. The number of anilines is 1. The van der Waals surface area contributed by atoms with Crippen molar-refractivity contribution >= 4 is 41.0 Å². The topological polar surface area (TPSA) is 106 Å². The maximum atomic E-state index is 13.2. The molecule has 8 nitrogen and oxygen atoms in total. The summed E-state index contributed by atoms with van der Waals surface area (Å²) in [5.41, 5.74) is 2.65. The number of nitrogens with one attached hydrogen (secondary N) is 1. The lowest BCUT2D eigenvalue weighted by Gasteiger charge is -2.18. The van der Waals surface area contributed by atoms with Crippen LogP contribution in [-0.2, 0) is 9.59 Å². The summed E-state index contributed by atoms with van der Waals surface area (Å²) in [6.45, 7) is 7.19. The molecule has 3 rings (SSSR count). The van der Waals surface area contributed by atoms with Crippen molar-refractivity contribution in [1.82, 2.24) is 19.8 Å². The van der Waals surface area contributed by atoms with Gasteiger partial charge in [-0.2, -0.15) is 0 Å². The molecule has 0 fully saturated rings. The van der Waals surface area contributed by atoms with E-state index in [9.17, 15) is 9.59 Å². The molecule has 0 bridgehead atoms. The molecule has 3 N–H and O–H groups in total. The largest absolute Gasteiger partial charge is 0.343 e. The van der Waals surface area contributed by atoms with Gasteiger partial charge in [-0.15, -0.1) is 10.2 Å². The normalized spacial score (nSPS) is 11.7. The van der Waals surface area contributed by atoms with Crippen LogP contribution in [0.4, 0.5) is 5.69 Å². The van der Waals surface area contributed by atoms with Gasteiger partial charge in [-0.25, -0.2) is 4.68 Å². The van der Waals surface area contributed by atoms with E-state index in [0.717, 1.165) is 11.1 Å². The van der Waals surface area contributed by atoms with E-state index in [1.54, 1.807) is 4.90 Å². The molecule has 0 aliphatic heterocycles. The molecule has 33 heavy (non-hydrogen) atoms. The summed E-state index contributed by atoms with van der Waals surface area (Å²) < 4.78 is 1.33. The van der Waals surface area contributed by atoms with E-state index in [-0.39, 0.29) is 17.6 Å². The Hall–Kier alpha value is -2.98. The van der Waals surface area contributed by atoms with Crippen LogP contribution in [-0.4, -0.2) is 50.4 Å². The third kappa shape index (κ3) is 6.52. The lowest BCUT2D eigenvalue weighted by molar-refractivity contribution is -0.128. The molecule has 0 saturated heterocycles. The standard InChI is InChI=1S/C23H28N6O2S2/c1-4-28(5-2)19(30)15-32-22-26-27-23(29(22)24)33-20(17-9-7-6-8-10-17)21(31)25-18-13-11-16(3)12-14-18/h6-14,20H,4-5,15,24H2,1-3H3,(H,25,31). The number of carbonyl (C=O) groups excluding carboxylic acids is 2. The van der Waals surface area contributed by atoms with Gasteiger partial charge in [0.2, 0.25) is 22.1 Å². The van der Waals surface area contributed by atoms with Gasteiger partial charge in [0.25, 0.3) is 0 Å². The summed E-state index contributed by atoms with van der Waals surface area (Å²) in [6.07, 6.45) is 0. The van der Waals surface area contributed by atoms with Gasteiger partial charge in [-0.05, 0) is 38.5 Å². The maximum Gasteiger partial charge on any atom is 0.242 e. The van der Waals surface area contributed by atoms with E-state index in [2.05, 4.69) is 15.5 Å². The molecule has 1 heterocycles. The molecule has 0 radical (unpaired) electrons. The summed E-state index contributed by atoms with van der Waals surface area (Å²) in [6, 6.07) is 17.1. The van der Waals surface area contributed by atoms with E-state index in [1.807, 2.05) is 75.4 Å². The van der Waals surface area contributed by atoms with Crippen LogP contribution >= 0.6 is 23.5 Å². The molecule has 0 aliphatic carbocycles. The second kappa shape index (κ2) is 11.8. The molecule has 1 aromatic heterocycles.